The number of halogens is 1. The second kappa shape index (κ2) is 5.46. The number of nitrogens with two attached hydrogens (primary N) is 1. The number of sulfone groups is 1. The SMILES string of the molecule is N#CCNC(=O)CS(=O)(=O)c1ccc(N)cc1F. The Balaban J connectivity index is 2.94. The van der Waals surface area contributed by atoms with Gasteiger partial charge in [-0.25, -0.2) is 12.8 Å². The van der Waals surface area contributed by atoms with Gasteiger partial charge in [0.25, 0.3) is 0 Å². The molecule has 0 aromatic heterocycles. The summed E-state index contributed by atoms with van der Waals surface area (Å²) in [5.41, 5.74) is 5.37. The summed E-state index contributed by atoms with van der Waals surface area (Å²) in [6.07, 6.45) is 0. The van der Waals surface area contributed by atoms with Gasteiger partial charge in [0.1, 0.15) is 23.0 Å². The van der Waals surface area contributed by atoms with Crippen molar-refractivity contribution in [3.63, 3.8) is 0 Å². The molecular formula is C10H10FN3O3S. The van der Waals surface area contributed by atoms with E-state index < -0.39 is 32.2 Å². The van der Waals surface area contributed by atoms with Gasteiger partial charge in [-0.15, -0.1) is 0 Å². The van der Waals surface area contributed by atoms with Gasteiger partial charge in [-0.1, -0.05) is 0 Å². The molecule has 1 amide bonds. The number of nitriles is 1. The van der Waals surface area contributed by atoms with E-state index in [1.54, 1.807) is 6.07 Å². The molecule has 0 heterocycles. The molecule has 0 aliphatic rings. The monoisotopic (exact) mass is 271 g/mol. The lowest BCUT2D eigenvalue weighted by Crippen LogP contribution is -2.30. The van der Waals surface area contributed by atoms with E-state index >= 15 is 0 Å². The van der Waals surface area contributed by atoms with Crippen LogP contribution in [0.15, 0.2) is 23.1 Å². The molecule has 6 nitrogen and oxygen atoms in total. The fourth-order valence-corrected chi connectivity index (χ4v) is 2.44. The highest BCUT2D eigenvalue weighted by Gasteiger charge is 2.22. The number of amides is 1. The van der Waals surface area contributed by atoms with Crippen molar-refractivity contribution in [1.82, 2.24) is 5.32 Å². The molecule has 0 radical (unpaired) electrons. The number of hydrogen-bond acceptors (Lipinski definition) is 5. The van der Waals surface area contributed by atoms with Gasteiger partial charge < -0.3 is 11.1 Å². The zero-order valence-corrected chi connectivity index (χ0v) is 10.00. The molecule has 18 heavy (non-hydrogen) atoms. The van der Waals surface area contributed by atoms with Crippen LogP contribution in [0.4, 0.5) is 10.1 Å². The first-order chi connectivity index (χ1) is 8.36. The summed E-state index contributed by atoms with van der Waals surface area (Å²) < 4.78 is 36.8. The third-order valence-electron chi connectivity index (χ3n) is 1.98. The van der Waals surface area contributed by atoms with Crippen LogP contribution < -0.4 is 11.1 Å². The van der Waals surface area contributed by atoms with Crippen molar-refractivity contribution in [1.29, 1.82) is 5.26 Å². The Bertz CT molecular complexity index is 607. The summed E-state index contributed by atoms with van der Waals surface area (Å²) in [5, 5.41) is 10.3. The van der Waals surface area contributed by atoms with Crippen molar-refractivity contribution in [2.45, 2.75) is 4.90 Å². The lowest BCUT2D eigenvalue weighted by atomic mass is 10.3. The third kappa shape index (κ3) is 3.43. The summed E-state index contributed by atoms with van der Waals surface area (Å²) in [7, 11) is -4.09. The highest BCUT2D eigenvalue weighted by Crippen LogP contribution is 2.18. The minimum atomic E-state index is -4.09. The van der Waals surface area contributed by atoms with Gasteiger partial charge in [0.2, 0.25) is 5.91 Å². The maximum Gasteiger partial charge on any atom is 0.236 e. The predicted octanol–water partition coefficient (Wildman–Crippen LogP) is -0.179. The molecule has 0 bridgehead atoms. The molecule has 1 rings (SSSR count). The highest BCUT2D eigenvalue weighted by molar-refractivity contribution is 7.92. The number of rotatable bonds is 4. The molecule has 8 heteroatoms. The summed E-state index contributed by atoms with van der Waals surface area (Å²) in [4.78, 5) is 10.6. The maximum atomic E-state index is 13.4. The number of anilines is 1. The molecule has 0 aliphatic heterocycles. The van der Waals surface area contributed by atoms with Crippen molar-refractivity contribution in [3.05, 3.63) is 24.0 Å². The van der Waals surface area contributed by atoms with Crippen LogP contribution in [0.25, 0.3) is 0 Å². The van der Waals surface area contributed by atoms with E-state index in [0.717, 1.165) is 12.1 Å². The largest absolute Gasteiger partial charge is 0.399 e. The Morgan fingerprint density at radius 2 is 2.17 bits per heavy atom. The van der Waals surface area contributed by atoms with Gasteiger partial charge in [0.15, 0.2) is 9.84 Å². The van der Waals surface area contributed by atoms with Crippen LogP contribution in [0.1, 0.15) is 0 Å². The Morgan fingerprint density at radius 3 is 2.72 bits per heavy atom. The van der Waals surface area contributed by atoms with E-state index in [1.165, 1.54) is 6.07 Å². The van der Waals surface area contributed by atoms with Crippen LogP contribution in [0, 0.1) is 17.1 Å². The molecule has 1 aromatic rings. The van der Waals surface area contributed by atoms with E-state index in [0.29, 0.717) is 0 Å². The fourth-order valence-electron chi connectivity index (χ4n) is 1.21. The maximum absolute atomic E-state index is 13.4. The number of benzene rings is 1. The third-order valence-corrected chi connectivity index (χ3v) is 3.62. The number of nitrogen functional groups attached to an aromatic ring is 1. The molecular weight excluding hydrogens is 261 g/mol. The van der Waals surface area contributed by atoms with Crippen molar-refractivity contribution in [2.24, 2.45) is 0 Å². The minimum Gasteiger partial charge on any atom is -0.399 e. The Kier molecular flexibility index (Phi) is 4.23. The molecule has 0 saturated carbocycles. The summed E-state index contributed by atoms with van der Waals surface area (Å²) in [6, 6.07) is 4.71. The molecule has 3 N–H and O–H groups in total. The fraction of sp³-hybridized carbons (Fsp3) is 0.200. The topological polar surface area (TPSA) is 113 Å². The quantitative estimate of drug-likeness (QED) is 0.582. The lowest BCUT2D eigenvalue weighted by Gasteiger charge is -2.06. The molecule has 0 unspecified atom stereocenters. The standard InChI is InChI=1S/C10H10FN3O3S/c11-8-5-7(13)1-2-9(8)18(16,17)6-10(15)14-4-3-12/h1-2,5H,4,6,13H2,(H,14,15). The van der Waals surface area contributed by atoms with Gasteiger partial charge >= 0.3 is 0 Å². The second-order valence-corrected chi connectivity index (χ2v) is 5.34. The molecule has 0 saturated heterocycles. The van der Waals surface area contributed by atoms with Gasteiger partial charge in [-0.3, -0.25) is 4.79 Å². The summed E-state index contributed by atoms with van der Waals surface area (Å²) in [5.74, 6) is -2.80. The average Bonchev–Trinajstić information content (AvgIpc) is 2.25. The molecule has 0 spiro atoms. The Hall–Kier alpha value is -2.14. The van der Waals surface area contributed by atoms with Crippen molar-refractivity contribution in [2.75, 3.05) is 18.0 Å². The molecule has 1 aromatic carbocycles. The smallest absolute Gasteiger partial charge is 0.236 e. The number of hydrogen-bond donors (Lipinski definition) is 2. The molecule has 0 atom stereocenters. The van der Waals surface area contributed by atoms with Crippen LogP contribution in [0.2, 0.25) is 0 Å². The first kappa shape index (κ1) is 13.9. The average molecular weight is 271 g/mol. The molecule has 0 aliphatic carbocycles. The van der Waals surface area contributed by atoms with E-state index in [9.17, 15) is 17.6 Å². The van der Waals surface area contributed by atoms with E-state index in [1.807, 2.05) is 0 Å². The van der Waals surface area contributed by atoms with Crippen LogP contribution >= 0.6 is 0 Å². The second-order valence-electron chi connectivity index (χ2n) is 3.38. The first-order valence-corrected chi connectivity index (χ1v) is 6.43. The number of carbonyl (C=O) groups is 1. The van der Waals surface area contributed by atoms with Crippen LogP contribution in [-0.4, -0.2) is 26.6 Å². The van der Waals surface area contributed by atoms with Gasteiger partial charge in [0, 0.05) is 5.69 Å². The number of nitrogens with zero attached hydrogens (tertiary/aromatic N) is 1. The number of carbonyl (C=O) groups excluding carboxylic acids is 1. The summed E-state index contributed by atoms with van der Waals surface area (Å²) >= 11 is 0. The van der Waals surface area contributed by atoms with E-state index in [-0.39, 0.29) is 12.2 Å². The first-order valence-electron chi connectivity index (χ1n) is 4.78. The van der Waals surface area contributed by atoms with Crippen molar-refractivity contribution >= 4 is 21.4 Å². The van der Waals surface area contributed by atoms with Crippen molar-refractivity contribution < 1.29 is 17.6 Å². The zero-order chi connectivity index (χ0) is 13.8. The highest BCUT2D eigenvalue weighted by atomic mass is 32.2. The van der Waals surface area contributed by atoms with Crippen LogP contribution in [0.3, 0.4) is 0 Å². The van der Waals surface area contributed by atoms with Crippen LogP contribution in [0.5, 0.6) is 0 Å². The van der Waals surface area contributed by atoms with Crippen molar-refractivity contribution in [3.8, 4) is 6.07 Å². The Morgan fingerprint density at radius 1 is 1.50 bits per heavy atom. The van der Waals surface area contributed by atoms with Gasteiger partial charge in [-0.05, 0) is 18.2 Å². The Labute approximate surface area is 103 Å². The molecule has 96 valence electrons. The normalized spacial score (nSPS) is 10.7. The van der Waals surface area contributed by atoms with Gasteiger partial charge in [-0.2, -0.15) is 5.26 Å². The number of nitrogens with one attached hydrogen (secondary N) is 1. The van der Waals surface area contributed by atoms with Crippen LogP contribution in [-0.2, 0) is 14.6 Å². The zero-order valence-electron chi connectivity index (χ0n) is 9.18. The molecule has 0 fully saturated rings. The van der Waals surface area contributed by atoms with Gasteiger partial charge in [0.05, 0.1) is 6.07 Å². The summed E-state index contributed by atoms with van der Waals surface area (Å²) in [6.45, 7) is -0.307. The minimum absolute atomic E-state index is 0.0837. The predicted molar refractivity (Wildman–Crippen MR) is 61.5 cm³/mol. The lowest BCUT2D eigenvalue weighted by molar-refractivity contribution is -0.118. The van der Waals surface area contributed by atoms with E-state index in [4.69, 9.17) is 11.0 Å². The van der Waals surface area contributed by atoms with E-state index in [2.05, 4.69) is 5.32 Å².